The molecule has 0 aliphatic heterocycles. The monoisotopic (exact) mass is 497 g/mol. The van der Waals surface area contributed by atoms with Crippen LogP contribution >= 0.6 is 11.6 Å². The first kappa shape index (κ1) is 23.5. The van der Waals surface area contributed by atoms with E-state index < -0.39 is 27.6 Å². The van der Waals surface area contributed by atoms with Gasteiger partial charge in [0, 0.05) is 29.9 Å². The molecule has 2 atom stereocenters. The van der Waals surface area contributed by atoms with Crippen molar-refractivity contribution >= 4 is 21.4 Å². The Morgan fingerprint density at radius 1 is 1.18 bits per heavy atom. The third-order valence-electron chi connectivity index (χ3n) is 5.64. The maximum Gasteiger partial charge on any atom is 0.387 e. The lowest BCUT2D eigenvalue weighted by Gasteiger charge is -2.19. The van der Waals surface area contributed by atoms with Gasteiger partial charge >= 0.3 is 6.61 Å². The molecule has 3 aromatic rings. The fourth-order valence-corrected chi connectivity index (χ4v) is 5.20. The van der Waals surface area contributed by atoms with Crippen LogP contribution in [0.3, 0.4) is 0 Å². The fraction of sp³-hybridized carbons (Fsp3) is 0.429. The summed E-state index contributed by atoms with van der Waals surface area (Å²) in [5.41, 5.74) is 0.521. The molecule has 4 rings (SSSR count). The van der Waals surface area contributed by atoms with Gasteiger partial charge < -0.3 is 9.30 Å². The average Bonchev–Trinajstić information content (AvgIpc) is 3.53. The Balaban J connectivity index is 1.61. The number of hydrogen-bond donors (Lipinski definition) is 0. The molecule has 176 valence electrons. The number of nitrogens with zero attached hydrogens (tertiary/aromatic N) is 5. The second kappa shape index (κ2) is 9.30. The zero-order valence-corrected chi connectivity index (χ0v) is 19.5. The molecule has 1 aliphatic rings. The van der Waals surface area contributed by atoms with Gasteiger partial charge in [-0.1, -0.05) is 30.7 Å². The van der Waals surface area contributed by atoms with E-state index in [-0.39, 0.29) is 17.5 Å². The number of hydrogen-bond acceptors (Lipinski definition) is 7. The lowest BCUT2D eigenvalue weighted by molar-refractivity contribution is -0.0498. The van der Waals surface area contributed by atoms with Crippen LogP contribution in [0.4, 0.5) is 8.78 Å². The topological polar surface area (TPSA) is 99.9 Å². The molecular weight excluding hydrogens is 476 g/mol. The number of alkyl halides is 2. The van der Waals surface area contributed by atoms with Crippen molar-refractivity contribution in [2.24, 2.45) is 0 Å². The Labute approximate surface area is 194 Å². The van der Waals surface area contributed by atoms with E-state index in [1.807, 2.05) is 0 Å². The van der Waals surface area contributed by atoms with Gasteiger partial charge in [0.15, 0.2) is 15.7 Å². The fourth-order valence-electron chi connectivity index (χ4n) is 3.54. The van der Waals surface area contributed by atoms with Crippen LogP contribution in [-0.4, -0.2) is 45.0 Å². The molecule has 0 bridgehead atoms. The molecule has 2 heterocycles. The van der Waals surface area contributed by atoms with Crippen LogP contribution in [-0.2, 0) is 15.6 Å². The van der Waals surface area contributed by atoms with Gasteiger partial charge in [0.25, 0.3) is 0 Å². The molecule has 8 nitrogen and oxygen atoms in total. The predicted molar refractivity (Wildman–Crippen MR) is 118 cm³/mol. The molecule has 12 heteroatoms. The summed E-state index contributed by atoms with van der Waals surface area (Å²) < 4.78 is 57.9. The summed E-state index contributed by atoms with van der Waals surface area (Å²) in [5.74, 6) is 0.325. The summed E-state index contributed by atoms with van der Waals surface area (Å²) in [7, 11) is -3.65. The predicted octanol–water partition coefficient (Wildman–Crippen LogP) is 4.43. The molecule has 1 aliphatic carbocycles. The summed E-state index contributed by atoms with van der Waals surface area (Å²) in [6, 6.07) is 6.19. The van der Waals surface area contributed by atoms with Gasteiger partial charge in [-0.2, -0.15) is 8.78 Å². The number of sulfone groups is 1. The molecule has 0 spiro atoms. The van der Waals surface area contributed by atoms with Crippen LogP contribution in [0.15, 0.2) is 36.7 Å². The normalized spacial score (nSPS) is 16.1. The minimum atomic E-state index is -3.65. The van der Waals surface area contributed by atoms with Gasteiger partial charge in [0.2, 0.25) is 0 Å². The molecule has 1 fully saturated rings. The Hall–Kier alpha value is -2.66. The lowest BCUT2D eigenvalue weighted by Crippen LogP contribution is -2.27. The highest BCUT2D eigenvalue weighted by Crippen LogP contribution is 2.40. The number of aromatic nitrogens is 5. The second-order valence-electron chi connectivity index (χ2n) is 8.01. The number of rotatable bonds is 9. The Kier molecular flexibility index (Phi) is 6.62. The number of halogens is 3. The first-order valence-electron chi connectivity index (χ1n) is 10.3. The summed E-state index contributed by atoms with van der Waals surface area (Å²) in [5, 5.41) is 7.93. The van der Waals surface area contributed by atoms with Crippen LogP contribution < -0.4 is 4.74 Å². The van der Waals surface area contributed by atoms with E-state index in [1.54, 1.807) is 30.5 Å². The molecule has 1 saturated carbocycles. The summed E-state index contributed by atoms with van der Waals surface area (Å²) in [4.78, 5) is 8.28. The number of benzene rings is 1. The zero-order valence-electron chi connectivity index (χ0n) is 17.9. The lowest BCUT2D eigenvalue weighted by atomic mass is 10.1. The van der Waals surface area contributed by atoms with E-state index in [0.29, 0.717) is 28.1 Å². The quantitative estimate of drug-likeness (QED) is 0.431. The highest BCUT2D eigenvalue weighted by Gasteiger charge is 2.35. The van der Waals surface area contributed by atoms with E-state index in [9.17, 15) is 17.2 Å². The largest absolute Gasteiger partial charge is 0.435 e. The van der Waals surface area contributed by atoms with Crippen molar-refractivity contribution in [3.8, 4) is 17.1 Å². The van der Waals surface area contributed by atoms with Crippen molar-refractivity contribution in [2.75, 3.05) is 0 Å². The minimum Gasteiger partial charge on any atom is -0.435 e. The third kappa shape index (κ3) is 5.30. The smallest absolute Gasteiger partial charge is 0.387 e. The molecule has 0 radical (unpaired) electrons. The second-order valence-corrected chi connectivity index (χ2v) is 10.8. The van der Waals surface area contributed by atoms with Crippen LogP contribution in [0, 0.1) is 0 Å². The van der Waals surface area contributed by atoms with E-state index in [4.69, 9.17) is 11.6 Å². The Morgan fingerprint density at radius 3 is 2.52 bits per heavy atom. The molecule has 2 aromatic heterocycles. The van der Waals surface area contributed by atoms with Crippen molar-refractivity contribution < 1.29 is 21.9 Å². The van der Waals surface area contributed by atoms with E-state index >= 15 is 0 Å². The Bertz CT molecular complexity index is 1230. The first-order valence-corrected chi connectivity index (χ1v) is 12.4. The maximum absolute atomic E-state index is 13.2. The van der Waals surface area contributed by atoms with Crippen molar-refractivity contribution in [1.82, 2.24) is 24.7 Å². The van der Waals surface area contributed by atoms with E-state index in [1.165, 1.54) is 24.5 Å². The summed E-state index contributed by atoms with van der Waals surface area (Å²) in [6.45, 7) is 0.411. The zero-order chi connectivity index (χ0) is 23.8. The third-order valence-corrected chi connectivity index (χ3v) is 8.04. The van der Waals surface area contributed by atoms with E-state index in [2.05, 4.69) is 24.9 Å². The van der Waals surface area contributed by atoms with Crippen LogP contribution in [0.1, 0.15) is 50.3 Å². The van der Waals surface area contributed by atoms with E-state index in [0.717, 1.165) is 12.8 Å². The summed E-state index contributed by atoms with van der Waals surface area (Å²) in [6.07, 6.45) is 4.58. The minimum absolute atomic E-state index is 0.00701. The van der Waals surface area contributed by atoms with Crippen molar-refractivity contribution in [3.05, 3.63) is 53.3 Å². The molecule has 33 heavy (non-hydrogen) atoms. The average molecular weight is 498 g/mol. The van der Waals surface area contributed by atoms with Crippen LogP contribution in [0.2, 0.25) is 5.02 Å². The highest BCUT2D eigenvalue weighted by molar-refractivity contribution is 7.91. The number of ether oxygens (including phenoxy) is 1. The van der Waals surface area contributed by atoms with Crippen LogP contribution in [0.25, 0.3) is 11.4 Å². The highest BCUT2D eigenvalue weighted by atomic mass is 35.5. The van der Waals surface area contributed by atoms with Gasteiger partial charge in [0.1, 0.15) is 23.2 Å². The SMILES string of the molecule is C[C@H](c1ncc(Cl)cn1)[C@H](C)S(=O)(=O)Cc1nnc(-c2cccc(OC(F)F)c2)n1C1CC1. The van der Waals surface area contributed by atoms with Gasteiger partial charge in [-0.15, -0.1) is 10.2 Å². The molecular formula is C21H22ClF2N5O3S. The van der Waals surface area contributed by atoms with Gasteiger partial charge in [-0.25, -0.2) is 18.4 Å². The van der Waals surface area contributed by atoms with Gasteiger partial charge in [-0.3, -0.25) is 0 Å². The molecule has 0 unspecified atom stereocenters. The first-order chi connectivity index (χ1) is 15.7. The molecule has 0 saturated heterocycles. The summed E-state index contributed by atoms with van der Waals surface area (Å²) >= 11 is 5.83. The van der Waals surface area contributed by atoms with Crippen molar-refractivity contribution in [3.63, 3.8) is 0 Å². The Morgan fingerprint density at radius 2 is 1.88 bits per heavy atom. The molecule has 1 aromatic carbocycles. The van der Waals surface area contributed by atoms with Gasteiger partial charge in [-0.05, 0) is 31.9 Å². The maximum atomic E-state index is 13.2. The van der Waals surface area contributed by atoms with Gasteiger partial charge in [0.05, 0.1) is 10.3 Å². The molecule has 0 amide bonds. The van der Waals surface area contributed by atoms with Crippen molar-refractivity contribution in [2.45, 2.75) is 56.3 Å². The van der Waals surface area contributed by atoms with Crippen LogP contribution in [0.5, 0.6) is 5.75 Å². The van der Waals surface area contributed by atoms with Crippen molar-refractivity contribution in [1.29, 1.82) is 0 Å². The standard InChI is InChI=1S/C21H22ClF2N5O3S/c1-12(19-25-9-15(22)10-26-19)13(2)33(30,31)11-18-27-28-20(29(18)16-6-7-16)14-4-3-5-17(8-14)32-21(23)24/h3-5,8-10,12-13,16,21H,6-7,11H2,1-2H3/t12-,13-/m0/s1. The molecule has 0 N–H and O–H groups in total.